The number of aromatic nitrogens is 3. The SMILES string of the molecule is Cc1sc2nc(CSC(C)C(=O)N3CCCN(c4ncccc4C#N)CC3)[nH]c(=O)c2c1C. The van der Waals surface area contributed by atoms with E-state index in [0.29, 0.717) is 48.0 Å². The maximum absolute atomic E-state index is 13.1. The molecular weight excluding hydrogens is 456 g/mol. The number of thiophene rings is 1. The number of amides is 1. The topological polar surface area (TPSA) is 106 Å². The van der Waals surface area contributed by atoms with E-state index < -0.39 is 0 Å². The Hall–Kier alpha value is -2.90. The van der Waals surface area contributed by atoms with E-state index in [1.165, 1.54) is 23.1 Å². The van der Waals surface area contributed by atoms with Crippen molar-refractivity contribution in [2.45, 2.75) is 38.2 Å². The molecule has 1 aliphatic rings. The van der Waals surface area contributed by atoms with Crippen molar-refractivity contribution in [1.29, 1.82) is 5.26 Å². The van der Waals surface area contributed by atoms with Gasteiger partial charge in [-0.05, 0) is 44.9 Å². The first kappa shape index (κ1) is 23.3. The van der Waals surface area contributed by atoms with Gasteiger partial charge in [0, 0.05) is 37.3 Å². The molecule has 10 heteroatoms. The second-order valence-electron chi connectivity index (χ2n) is 8.08. The van der Waals surface area contributed by atoms with Crippen molar-refractivity contribution in [3.63, 3.8) is 0 Å². The van der Waals surface area contributed by atoms with Crippen LogP contribution in [-0.2, 0) is 10.5 Å². The summed E-state index contributed by atoms with van der Waals surface area (Å²) in [6.07, 6.45) is 2.50. The van der Waals surface area contributed by atoms with E-state index in [2.05, 4.69) is 25.9 Å². The number of fused-ring (bicyclic) bond motifs is 1. The summed E-state index contributed by atoms with van der Waals surface area (Å²) in [5.74, 6) is 1.82. The highest BCUT2D eigenvalue weighted by Crippen LogP contribution is 2.27. The summed E-state index contributed by atoms with van der Waals surface area (Å²) < 4.78 is 0. The van der Waals surface area contributed by atoms with Gasteiger partial charge in [-0.3, -0.25) is 9.59 Å². The number of hydrogen-bond acceptors (Lipinski definition) is 8. The Morgan fingerprint density at radius 3 is 2.94 bits per heavy atom. The summed E-state index contributed by atoms with van der Waals surface area (Å²) in [6, 6.07) is 5.73. The van der Waals surface area contributed by atoms with Crippen molar-refractivity contribution in [1.82, 2.24) is 19.9 Å². The lowest BCUT2D eigenvalue weighted by atomic mass is 10.2. The average Bonchev–Trinajstić information content (AvgIpc) is 2.97. The number of nitrogens with zero attached hydrogens (tertiary/aromatic N) is 5. The van der Waals surface area contributed by atoms with Crippen molar-refractivity contribution in [2.24, 2.45) is 0 Å². The van der Waals surface area contributed by atoms with Gasteiger partial charge in [-0.1, -0.05) is 0 Å². The Bertz CT molecular complexity index is 1280. The molecule has 1 saturated heterocycles. The van der Waals surface area contributed by atoms with E-state index in [1.54, 1.807) is 18.3 Å². The van der Waals surface area contributed by atoms with E-state index in [1.807, 2.05) is 25.7 Å². The van der Waals surface area contributed by atoms with Gasteiger partial charge in [0.1, 0.15) is 22.5 Å². The molecule has 1 amide bonds. The summed E-state index contributed by atoms with van der Waals surface area (Å²) in [7, 11) is 0. The van der Waals surface area contributed by atoms with Crippen LogP contribution in [0.2, 0.25) is 0 Å². The number of aryl methyl sites for hydroxylation is 2. The summed E-state index contributed by atoms with van der Waals surface area (Å²) in [5.41, 5.74) is 1.42. The Labute approximate surface area is 200 Å². The summed E-state index contributed by atoms with van der Waals surface area (Å²) >= 11 is 3.01. The summed E-state index contributed by atoms with van der Waals surface area (Å²) in [6.45, 7) is 8.48. The van der Waals surface area contributed by atoms with Crippen molar-refractivity contribution < 1.29 is 4.79 Å². The molecule has 0 bridgehead atoms. The third kappa shape index (κ3) is 4.89. The minimum atomic E-state index is -0.256. The molecule has 8 nitrogen and oxygen atoms in total. The smallest absolute Gasteiger partial charge is 0.259 e. The highest BCUT2D eigenvalue weighted by atomic mass is 32.2. The van der Waals surface area contributed by atoms with Crippen molar-refractivity contribution in [3.8, 4) is 6.07 Å². The number of carbonyl (C=O) groups excluding carboxylic acids is 1. The summed E-state index contributed by atoms with van der Waals surface area (Å²) in [4.78, 5) is 43.3. The molecule has 1 fully saturated rings. The lowest BCUT2D eigenvalue weighted by Gasteiger charge is -2.25. The van der Waals surface area contributed by atoms with Crippen LogP contribution in [0.5, 0.6) is 0 Å². The van der Waals surface area contributed by atoms with Gasteiger partial charge in [-0.2, -0.15) is 5.26 Å². The van der Waals surface area contributed by atoms with E-state index in [4.69, 9.17) is 0 Å². The molecule has 1 aliphatic heterocycles. The average molecular weight is 483 g/mol. The molecule has 4 heterocycles. The number of carbonyl (C=O) groups is 1. The molecule has 0 aliphatic carbocycles. The number of rotatable bonds is 5. The van der Waals surface area contributed by atoms with E-state index in [9.17, 15) is 14.9 Å². The van der Waals surface area contributed by atoms with Crippen LogP contribution in [0.25, 0.3) is 10.2 Å². The van der Waals surface area contributed by atoms with E-state index >= 15 is 0 Å². The fourth-order valence-electron chi connectivity index (χ4n) is 3.99. The zero-order valence-corrected chi connectivity index (χ0v) is 20.6. The third-order valence-electron chi connectivity index (χ3n) is 5.92. The van der Waals surface area contributed by atoms with Gasteiger partial charge in [-0.25, -0.2) is 9.97 Å². The molecule has 172 valence electrons. The predicted molar refractivity (Wildman–Crippen MR) is 133 cm³/mol. The predicted octanol–water partition coefficient (Wildman–Crippen LogP) is 3.23. The number of aromatic amines is 1. The maximum atomic E-state index is 13.1. The second-order valence-corrected chi connectivity index (χ2v) is 10.6. The Kier molecular flexibility index (Phi) is 7.00. The first-order valence-corrected chi connectivity index (χ1v) is 12.7. The zero-order valence-electron chi connectivity index (χ0n) is 18.9. The number of thioether (sulfide) groups is 1. The fourth-order valence-corrected chi connectivity index (χ4v) is 5.87. The molecule has 1 unspecified atom stereocenters. The van der Waals surface area contributed by atoms with Gasteiger partial charge >= 0.3 is 0 Å². The van der Waals surface area contributed by atoms with Crippen LogP contribution in [0.3, 0.4) is 0 Å². The van der Waals surface area contributed by atoms with Crippen LogP contribution in [-0.4, -0.2) is 57.2 Å². The van der Waals surface area contributed by atoms with Crippen molar-refractivity contribution in [2.75, 3.05) is 31.1 Å². The molecule has 0 aromatic carbocycles. The van der Waals surface area contributed by atoms with Gasteiger partial charge in [0.2, 0.25) is 5.91 Å². The fraction of sp³-hybridized carbons (Fsp3) is 0.435. The molecule has 3 aromatic heterocycles. The number of nitriles is 1. The van der Waals surface area contributed by atoms with Crippen LogP contribution in [0.1, 0.15) is 35.2 Å². The van der Waals surface area contributed by atoms with Crippen molar-refractivity contribution in [3.05, 3.63) is 50.5 Å². The molecule has 4 rings (SSSR count). The Morgan fingerprint density at radius 1 is 1.33 bits per heavy atom. The molecule has 0 spiro atoms. The van der Waals surface area contributed by atoms with Crippen molar-refractivity contribution >= 4 is 45.0 Å². The van der Waals surface area contributed by atoms with E-state index in [-0.39, 0.29) is 16.7 Å². The Balaban J connectivity index is 1.38. The molecular formula is C23H26N6O2S2. The van der Waals surface area contributed by atoms with Gasteiger partial charge < -0.3 is 14.8 Å². The maximum Gasteiger partial charge on any atom is 0.259 e. The largest absolute Gasteiger partial charge is 0.354 e. The molecule has 1 atom stereocenters. The third-order valence-corrected chi connectivity index (χ3v) is 8.16. The van der Waals surface area contributed by atoms with Crippen LogP contribution in [0.4, 0.5) is 5.82 Å². The van der Waals surface area contributed by atoms with Crippen LogP contribution >= 0.6 is 23.1 Å². The van der Waals surface area contributed by atoms with Gasteiger partial charge in [0.15, 0.2) is 0 Å². The quantitative estimate of drug-likeness (QED) is 0.595. The van der Waals surface area contributed by atoms with E-state index in [0.717, 1.165) is 28.2 Å². The lowest BCUT2D eigenvalue weighted by molar-refractivity contribution is -0.130. The molecule has 1 N–H and O–H groups in total. The second kappa shape index (κ2) is 9.93. The monoisotopic (exact) mass is 482 g/mol. The minimum absolute atomic E-state index is 0.0783. The first-order valence-electron chi connectivity index (χ1n) is 10.9. The normalized spacial score (nSPS) is 15.3. The van der Waals surface area contributed by atoms with Gasteiger partial charge in [-0.15, -0.1) is 23.1 Å². The Morgan fingerprint density at radius 2 is 2.15 bits per heavy atom. The minimum Gasteiger partial charge on any atom is -0.354 e. The van der Waals surface area contributed by atoms with Gasteiger partial charge in [0.25, 0.3) is 5.56 Å². The molecule has 33 heavy (non-hydrogen) atoms. The molecule has 3 aromatic rings. The number of nitrogens with one attached hydrogen (secondary N) is 1. The van der Waals surface area contributed by atoms with Gasteiger partial charge in [0.05, 0.1) is 22.0 Å². The number of H-pyrrole nitrogens is 1. The number of pyridine rings is 1. The summed E-state index contributed by atoms with van der Waals surface area (Å²) in [5, 5.41) is 9.77. The highest BCUT2D eigenvalue weighted by molar-refractivity contribution is 7.99. The van der Waals surface area contributed by atoms with Crippen LogP contribution in [0, 0.1) is 25.2 Å². The molecule has 0 radical (unpaired) electrons. The van der Waals surface area contributed by atoms with Crippen LogP contribution in [0.15, 0.2) is 23.1 Å². The lowest BCUT2D eigenvalue weighted by Crippen LogP contribution is -2.39. The van der Waals surface area contributed by atoms with Crippen LogP contribution < -0.4 is 10.5 Å². The number of anilines is 1. The first-order chi connectivity index (χ1) is 15.9. The highest BCUT2D eigenvalue weighted by Gasteiger charge is 2.25. The standard InChI is InChI=1S/C23H26N6O2S2/c1-14-15(2)33-22-19(14)21(30)26-18(27-22)13-32-16(3)23(31)29-9-5-8-28(10-11-29)20-17(12-24)6-4-7-25-20/h4,6-7,16H,5,8-11,13H2,1-3H3,(H,26,27,30). The number of hydrogen-bond donors (Lipinski definition) is 1. The zero-order chi connectivity index (χ0) is 23.5. The molecule has 0 saturated carbocycles.